The van der Waals surface area contributed by atoms with E-state index in [1.54, 1.807) is 0 Å². The Kier molecular flexibility index (Phi) is 8.57. The van der Waals surface area contributed by atoms with Crippen LogP contribution in [0.5, 0.6) is 0 Å². The van der Waals surface area contributed by atoms with E-state index >= 15 is 0 Å². The third-order valence-electron chi connectivity index (χ3n) is 3.48. The van der Waals surface area contributed by atoms with Crippen LogP contribution in [0.1, 0.15) is 33.4 Å². The minimum absolute atomic E-state index is 1.32. The maximum atomic E-state index is 2.19. The van der Waals surface area contributed by atoms with Gasteiger partial charge in [0, 0.05) is 0 Å². The minimum atomic E-state index is 1.32. The van der Waals surface area contributed by atoms with Crippen LogP contribution in [0, 0.1) is 41.5 Å². The fraction of sp³-hybridized carbons (Fsp3) is 0.250. The summed E-state index contributed by atoms with van der Waals surface area (Å²) in [6.45, 7) is 12.7. The van der Waals surface area contributed by atoms with Crippen molar-refractivity contribution in [1.82, 2.24) is 0 Å². The molecule has 0 saturated heterocycles. The molecular weight excluding hydrogens is 288 g/mol. The van der Waals surface area contributed by atoms with Crippen LogP contribution in [0.3, 0.4) is 0 Å². The highest BCUT2D eigenvalue weighted by Crippen LogP contribution is 2.06. The Morgan fingerprint density at radius 3 is 0.917 bits per heavy atom. The Hall–Kier alpha value is -2.34. The van der Waals surface area contributed by atoms with Gasteiger partial charge in [0.2, 0.25) is 0 Å². The van der Waals surface area contributed by atoms with Crippen molar-refractivity contribution in [3.63, 3.8) is 0 Å². The Balaban J connectivity index is 0.000000181. The molecule has 0 bridgehead atoms. The first kappa shape index (κ1) is 19.7. The molecule has 0 heteroatoms. The first-order valence-corrected chi connectivity index (χ1v) is 8.46. The summed E-state index contributed by atoms with van der Waals surface area (Å²) >= 11 is 0. The molecule has 0 unspecified atom stereocenters. The summed E-state index contributed by atoms with van der Waals surface area (Å²) < 4.78 is 0. The monoisotopic (exact) mass is 318 g/mol. The highest BCUT2D eigenvalue weighted by Gasteiger charge is 1.87. The zero-order valence-corrected chi connectivity index (χ0v) is 15.9. The number of rotatable bonds is 0. The molecule has 3 aromatic carbocycles. The fourth-order valence-corrected chi connectivity index (χ4v) is 2.54. The van der Waals surface area contributed by atoms with Crippen LogP contribution in [0.4, 0.5) is 0 Å². The van der Waals surface area contributed by atoms with Gasteiger partial charge in [-0.2, -0.15) is 0 Å². The molecule has 0 radical (unpaired) electrons. The van der Waals surface area contributed by atoms with Crippen molar-refractivity contribution < 1.29 is 0 Å². The molecule has 3 aromatic rings. The summed E-state index contributed by atoms with van der Waals surface area (Å²) in [7, 11) is 0. The average Bonchev–Trinajstić information content (AvgIpc) is 2.47. The topological polar surface area (TPSA) is 0 Å². The lowest BCUT2D eigenvalue weighted by molar-refractivity contribution is 1.32. The molecule has 3 rings (SSSR count). The van der Waals surface area contributed by atoms with Crippen LogP contribution in [-0.4, -0.2) is 0 Å². The Labute approximate surface area is 148 Å². The number of benzene rings is 3. The lowest BCUT2D eigenvalue weighted by Crippen LogP contribution is -1.78. The van der Waals surface area contributed by atoms with Gasteiger partial charge in [0.05, 0.1) is 0 Å². The van der Waals surface area contributed by atoms with E-state index in [-0.39, 0.29) is 0 Å². The second-order valence-corrected chi connectivity index (χ2v) is 6.48. The lowest BCUT2D eigenvalue weighted by Gasteiger charge is -1.96. The molecule has 0 fully saturated rings. The van der Waals surface area contributed by atoms with Gasteiger partial charge in [0.1, 0.15) is 0 Å². The lowest BCUT2D eigenvalue weighted by atomic mass is 10.1. The number of hydrogen-bond acceptors (Lipinski definition) is 0. The highest BCUT2D eigenvalue weighted by atomic mass is 13.9. The quantitative estimate of drug-likeness (QED) is 0.422. The van der Waals surface area contributed by atoms with Gasteiger partial charge in [0.15, 0.2) is 0 Å². The molecule has 0 aliphatic carbocycles. The first-order valence-electron chi connectivity index (χ1n) is 8.46. The second kappa shape index (κ2) is 10.4. The van der Waals surface area contributed by atoms with Gasteiger partial charge in [-0.05, 0) is 41.5 Å². The summed E-state index contributed by atoms with van der Waals surface area (Å²) in [5, 5.41) is 0. The minimum Gasteiger partial charge on any atom is -0.0622 e. The molecular formula is C24H30. The zero-order chi connectivity index (χ0) is 17.9. The van der Waals surface area contributed by atoms with Gasteiger partial charge in [-0.15, -0.1) is 0 Å². The highest BCUT2D eigenvalue weighted by molar-refractivity contribution is 5.27. The van der Waals surface area contributed by atoms with Crippen molar-refractivity contribution in [3.8, 4) is 0 Å². The van der Waals surface area contributed by atoms with Crippen molar-refractivity contribution in [1.29, 1.82) is 0 Å². The molecule has 126 valence electrons. The van der Waals surface area contributed by atoms with Crippen molar-refractivity contribution in [3.05, 3.63) is 106 Å². The van der Waals surface area contributed by atoms with E-state index in [4.69, 9.17) is 0 Å². The molecule has 0 nitrogen and oxygen atoms in total. The Morgan fingerprint density at radius 2 is 0.667 bits per heavy atom. The van der Waals surface area contributed by atoms with Gasteiger partial charge in [0.25, 0.3) is 0 Å². The van der Waals surface area contributed by atoms with Crippen molar-refractivity contribution in [2.45, 2.75) is 41.5 Å². The maximum absolute atomic E-state index is 2.19. The largest absolute Gasteiger partial charge is 0.0622 e. The molecule has 24 heavy (non-hydrogen) atoms. The summed E-state index contributed by atoms with van der Waals surface area (Å²) in [5.74, 6) is 0. The van der Waals surface area contributed by atoms with Gasteiger partial charge in [-0.25, -0.2) is 0 Å². The van der Waals surface area contributed by atoms with E-state index in [2.05, 4.69) is 96.1 Å². The predicted molar refractivity (Wildman–Crippen MR) is 108 cm³/mol. The molecule has 0 aliphatic rings. The van der Waals surface area contributed by atoms with Crippen LogP contribution in [0.25, 0.3) is 0 Å². The molecule has 0 heterocycles. The molecule has 0 spiro atoms. The summed E-state index contributed by atoms with van der Waals surface area (Å²) in [5.41, 5.74) is 8.06. The molecule has 0 saturated carbocycles. The predicted octanol–water partition coefficient (Wildman–Crippen LogP) is 6.91. The van der Waals surface area contributed by atoms with E-state index in [0.29, 0.717) is 0 Å². The van der Waals surface area contributed by atoms with Crippen LogP contribution in [-0.2, 0) is 0 Å². The van der Waals surface area contributed by atoms with Crippen molar-refractivity contribution >= 4 is 0 Å². The van der Waals surface area contributed by atoms with Crippen LogP contribution >= 0.6 is 0 Å². The van der Waals surface area contributed by atoms with E-state index in [0.717, 1.165) is 0 Å². The smallest absolute Gasteiger partial charge is 0.0398 e. The van der Waals surface area contributed by atoms with Gasteiger partial charge >= 0.3 is 0 Å². The Bertz CT molecular complexity index is 656. The third kappa shape index (κ3) is 8.95. The van der Waals surface area contributed by atoms with Crippen LogP contribution in [0.15, 0.2) is 72.8 Å². The van der Waals surface area contributed by atoms with Gasteiger partial charge < -0.3 is 0 Å². The number of aryl methyl sites for hydroxylation is 6. The second-order valence-electron chi connectivity index (χ2n) is 6.48. The summed E-state index contributed by atoms with van der Waals surface area (Å²) in [4.78, 5) is 0. The van der Waals surface area contributed by atoms with E-state index in [1.807, 2.05) is 18.2 Å². The van der Waals surface area contributed by atoms with E-state index < -0.39 is 0 Å². The number of hydrogen-bond donors (Lipinski definition) is 0. The van der Waals surface area contributed by atoms with Crippen LogP contribution in [0.2, 0.25) is 0 Å². The fourth-order valence-electron chi connectivity index (χ4n) is 2.54. The maximum Gasteiger partial charge on any atom is -0.0398 e. The molecule has 0 aromatic heterocycles. The normalized spacial score (nSPS) is 9.25. The Morgan fingerprint density at radius 1 is 0.333 bits per heavy atom. The van der Waals surface area contributed by atoms with Gasteiger partial charge in [-0.3, -0.25) is 0 Å². The van der Waals surface area contributed by atoms with Crippen molar-refractivity contribution in [2.24, 2.45) is 0 Å². The molecule has 0 atom stereocenters. The van der Waals surface area contributed by atoms with Crippen molar-refractivity contribution in [2.75, 3.05) is 0 Å². The van der Waals surface area contributed by atoms with E-state index in [9.17, 15) is 0 Å². The SMILES string of the molecule is Cc1cc(C)cc(C)c1.Cc1cccc(C)c1.Cc1ccccc1. The zero-order valence-electron chi connectivity index (χ0n) is 15.9. The standard InChI is InChI=1S/C9H12.C8H10.C7H8/c1-7-4-8(2)6-9(3)5-7;1-7-4-3-5-8(2)6-7;1-7-5-3-2-4-6-7/h4-6H,1-3H3;3-6H,1-2H3;2-6H,1H3. The summed E-state index contributed by atoms with van der Waals surface area (Å²) in [6.07, 6.45) is 0. The average molecular weight is 319 g/mol. The first-order chi connectivity index (χ1) is 11.4. The van der Waals surface area contributed by atoms with Crippen LogP contribution < -0.4 is 0 Å². The summed E-state index contributed by atoms with van der Waals surface area (Å²) in [6, 6.07) is 25.3. The molecule has 0 amide bonds. The van der Waals surface area contributed by atoms with E-state index in [1.165, 1.54) is 33.4 Å². The van der Waals surface area contributed by atoms with Gasteiger partial charge in [-0.1, -0.05) is 106 Å². The molecule has 0 N–H and O–H groups in total. The third-order valence-corrected chi connectivity index (χ3v) is 3.48. The molecule has 0 aliphatic heterocycles.